The summed E-state index contributed by atoms with van der Waals surface area (Å²) in [5.41, 5.74) is 0.201. The third-order valence-corrected chi connectivity index (χ3v) is 3.97. The number of ether oxygens (including phenoxy) is 2. The van der Waals surface area contributed by atoms with Crippen LogP contribution >= 0.6 is 0 Å². The SMILES string of the molecule is CCOc1ccccc1-n1ccn(Cc2cccc(OC)c2)c(=O)c1=O. The number of benzene rings is 2. The Bertz CT molecular complexity index is 1020. The van der Waals surface area contributed by atoms with Crippen LogP contribution in [0.5, 0.6) is 11.5 Å². The largest absolute Gasteiger partial charge is 0.497 e. The summed E-state index contributed by atoms with van der Waals surface area (Å²) in [4.78, 5) is 25.2. The predicted molar refractivity (Wildman–Crippen MR) is 99.6 cm³/mol. The Labute approximate surface area is 150 Å². The molecule has 0 radical (unpaired) electrons. The van der Waals surface area contributed by atoms with E-state index in [0.29, 0.717) is 30.3 Å². The molecule has 3 rings (SSSR count). The maximum Gasteiger partial charge on any atom is 0.321 e. The first-order valence-corrected chi connectivity index (χ1v) is 8.31. The smallest absolute Gasteiger partial charge is 0.321 e. The van der Waals surface area contributed by atoms with Crippen molar-refractivity contribution in [2.75, 3.05) is 13.7 Å². The highest BCUT2D eigenvalue weighted by molar-refractivity contribution is 5.46. The molecule has 0 spiro atoms. The second-order valence-corrected chi connectivity index (χ2v) is 5.66. The molecule has 26 heavy (non-hydrogen) atoms. The lowest BCUT2D eigenvalue weighted by Gasteiger charge is -2.13. The zero-order valence-electron chi connectivity index (χ0n) is 14.7. The van der Waals surface area contributed by atoms with Crippen LogP contribution in [0.4, 0.5) is 0 Å². The van der Waals surface area contributed by atoms with Gasteiger partial charge in [0.1, 0.15) is 11.5 Å². The van der Waals surface area contributed by atoms with E-state index < -0.39 is 11.1 Å². The molecule has 6 nitrogen and oxygen atoms in total. The highest BCUT2D eigenvalue weighted by Crippen LogP contribution is 2.20. The van der Waals surface area contributed by atoms with Gasteiger partial charge in [-0.2, -0.15) is 0 Å². The van der Waals surface area contributed by atoms with Gasteiger partial charge in [-0.15, -0.1) is 0 Å². The highest BCUT2D eigenvalue weighted by Gasteiger charge is 2.11. The Morgan fingerprint density at radius 2 is 1.77 bits per heavy atom. The molecule has 0 saturated heterocycles. The van der Waals surface area contributed by atoms with E-state index in [9.17, 15) is 9.59 Å². The second kappa shape index (κ2) is 7.74. The van der Waals surface area contributed by atoms with E-state index in [-0.39, 0.29) is 0 Å². The zero-order chi connectivity index (χ0) is 18.5. The van der Waals surface area contributed by atoms with Gasteiger partial charge < -0.3 is 14.0 Å². The van der Waals surface area contributed by atoms with Gasteiger partial charge >= 0.3 is 11.1 Å². The summed E-state index contributed by atoms with van der Waals surface area (Å²) in [5.74, 6) is 1.26. The van der Waals surface area contributed by atoms with Crippen molar-refractivity contribution in [3.63, 3.8) is 0 Å². The second-order valence-electron chi connectivity index (χ2n) is 5.66. The first-order valence-electron chi connectivity index (χ1n) is 8.31. The van der Waals surface area contributed by atoms with Crippen molar-refractivity contribution < 1.29 is 9.47 Å². The molecule has 0 bridgehead atoms. The van der Waals surface area contributed by atoms with Crippen LogP contribution in [0.3, 0.4) is 0 Å². The van der Waals surface area contributed by atoms with Gasteiger partial charge in [0.15, 0.2) is 0 Å². The van der Waals surface area contributed by atoms with E-state index in [2.05, 4.69) is 0 Å². The molecule has 2 aromatic carbocycles. The zero-order valence-corrected chi connectivity index (χ0v) is 14.7. The molecule has 0 fully saturated rings. The fourth-order valence-electron chi connectivity index (χ4n) is 2.72. The van der Waals surface area contributed by atoms with Gasteiger partial charge in [0.25, 0.3) is 0 Å². The lowest BCUT2D eigenvalue weighted by Crippen LogP contribution is -2.40. The summed E-state index contributed by atoms with van der Waals surface area (Å²) in [6, 6.07) is 14.5. The number of nitrogens with zero attached hydrogens (tertiary/aromatic N) is 2. The van der Waals surface area contributed by atoms with Crippen LogP contribution in [0.2, 0.25) is 0 Å². The van der Waals surface area contributed by atoms with Crippen molar-refractivity contribution >= 4 is 0 Å². The molecule has 6 heteroatoms. The van der Waals surface area contributed by atoms with E-state index in [1.54, 1.807) is 37.7 Å². The van der Waals surface area contributed by atoms with Gasteiger partial charge in [0.05, 0.1) is 25.9 Å². The summed E-state index contributed by atoms with van der Waals surface area (Å²) >= 11 is 0. The van der Waals surface area contributed by atoms with E-state index in [0.717, 1.165) is 5.56 Å². The summed E-state index contributed by atoms with van der Waals surface area (Å²) in [5, 5.41) is 0. The molecule has 0 aliphatic carbocycles. The van der Waals surface area contributed by atoms with Gasteiger partial charge in [-0.25, -0.2) is 0 Å². The first-order chi connectivity index (χ1) is 12.6. The Morgan fingerprint density at radius 1 is 0.962 bits per heavy atom. The standard InChI is InChI=1S/C20H20N2O4/c1-3-26-18-10-5-4-9-17(18)22-12-11-21(19(23)20(22)24)14-15-7-6-8-16(13-15)25-2/h4-13H,3,14H2,1-2H3. The van der Waals surface area contributed by atoms with Crippen molar-refractivity contribution in [3.05, 3.63) is 87.2 Å². The molecule has 3 aromatic rings. The van der Waals surface area contributed by atoms with E-state index in [1.807, 2.05) is 37.3 Å². The molecule has 0 amide bonds. The van der Waals surface area contributed by atoms with Crippen LogP contribution < -0.4 is 20.6 Å². The minimum atomic E-state index is -0.623. The van der Waals surface area contributed by atoms with Crippen molar-refractivity contribution in [1.82, 2.24) is 9.13 Å². The Morgan fingerprint density at radius 3 is 2.54 bits per heavy atom. The molecular formula is C20H20N2O4. The number of rotatable bonds is 6. The third-order valence-electron chi connectivity index (χ3n) is 3.97. The van der Waals surface area contributed by atoms with Crippen LogP contribution in [0.15, 0.2) is 70.5 Å². The lowest BCUT2D eigenvalue weighted by atomic mass is 10.2. The topological polar surface area (TPSA) is 62.5 Å². The summed E-state index contributed by atoms with van der Waals surface area (Å²) in [6.07, 6.45) is 3.19. The van der Waals surface area contributed by atoms with Gasteiger partial charge in [-0.1, -0.05) is 24.3 Å². The molecule has 0 atom stereocenters. The lowest BCUT2D eigenvalue weighted by molar-refractivity contribution is 0.339. The molecule has 0 N–H and O–H groups in total. The van der Waals surface area contributed by atoms with E-state index in [1.165, 1.54) is 9.13 Å². The van der Waals surface area contributed by atoms with Gasteiger partial charge in [-0.05, 0) is 36.8 Å². The highest BCUT2D eigenvalue weighted by atomic mass is 16.5. The Balaban J connectivity index is 1.99. The molecule has 0 aliphatic rings. The summed E-state index contributed by atoms with van der Waals surface area (Å²) < 4.78 is 13.4. The average Bonchev–Trinajstić information content (AvgIpc) is 2.67. The van der Waals surface area contributed by atoms with Crippen LogP contribution in [-0.2, 0) is 6.54 Å². The molecule has 0 unspecified atom stereocenters. The molecule has 0 aliphatic heterocycles. The quantitative estimate of drug-likeness (QED) is 0.640. The fourth-order valence-corrected chi connectivity index (χ4v) is 2.72. The molecule has 134 valence electrons. The van der Waals surface area contributed by atoms with Crippen LogP contribution in [0, 0.1) is 0 Å². The molecular weight excluding hydrogens is 332 g/mol. The Hall–Kier alpha value is -3.28. The summed E-state index contributed by atoms with van der Waals surface area (Å²) in [6.45, 7) is 2.63. The normalized spacial score (nSPS) is 10.5. The average molecular weight is 352 g/mol. The van der Waals surface area contributed by atoms with E-state index >= 15 is 0 Å². The number of methoxy groups -OCH3 is 1. The molecule has 1 aromatic heterocycles. The Kier molecular flexibility index (Phi) is 5.22. The van der Waals surface area contributed by atoms with Crippen LogP contribution in [-0.4, -0.2) is 22.9 Å². The predicted octanol–water partition coefficient (Wildman–Crippen LogP) is 2.45. The minimum Gasteiger partial charge on any atom is -0.497 e. The maximum atomic E-state index is 12.6. The van der Waals surface area contributed by atoms with Crippen molar-refractivity contribution in [3.8, 4) is 17.2 Å². The van der Waals surface area contributed by atoms with E-state index in [4.69, 9.17) is 9.47 Å². The van der Waals surface area contributed by atoms with Crippen LogP contribution in [0.1, 0.15) is 12.5 Å². The maximum absolute atomic E-state index is 12.6. The fraction of sp³-hybridized carbons (Fsp3) is 0.200. The first kappa shape index (κ1) is 17.5. The summed E-state index contributed by atoms with van der Waals surface area (Å²) in [7, 11) is 1.59. The number of hydrogen-bond donors (Lipinski definition) is 0. The van der Waals surface area contributed by atoms with Crippen molar-refractivity contribution in [1.29, 1.82) is 0 Å². The molecule has 1 heterocycles. The van der Waals surface area contributed by atoms with Crippen molar-refractivity contribution in [2.24, 2.45) is 0 Å². The van der Waals surface area contributed by atoms with Crippen molar-refractivity contribution in [2.45, 2.75) is 13.5 Å². The number of hydrogen-bond acceptors (Lipinski definition) is 4. The van der Waals surface area contributed by atoms with Gasteiger partial charge in [0, 0.05) is 12.4 Å². The monoisotopic (exact) mass is 352 g/mol. The number of aromatic nitrogens is 2. The van der Waals surface area contributed by atoms with Crippen LogP contribution in [0.25, 0.3) is 5.69 Å². The minimum absolute atomic E-state index is 0.291. The molecule has 0 saturated carbocycles. The third kappa shape index (κ3) is 3.54. The van der Waals surface area contributed by atoms with Gasteiger partial charge in [0.2, 0.25) is 0 Å². The number of para-hydroxylation sites is 2. The van der Waals surface area contributed by atoms with Gasteiger partial charge in [-0.3, -0.25) is 14.2 Å².